The molecule has 2 aromatic carbocycles. The highest BCUT2D eigenvalue weighted by Gasteiger charge is 2.24. The van der Waals surface area contributed by atoms with Gasteiger partial charge in [0.1, 0.15) is 17.7 Å². The number of aryl methyl sites for hydroxylation is 1. The Kier molecular flexibility index (Phi) is 4.98. The number of benzene rings is 2. The minimum Gasteiger partial charge on any atom is -0.338 e. The normalized spacial score (nSPS) is 11.8. The fourth-order valence-corrected chi connectivity index (χ4v) is 2.91. The molecule has 1 aromatic heterocycles. The van der Waals surface area contributed by atoms with Crippen LogP contribution >= 0.6 is 0 Å². The van der Waals surface area contributed by atoms with Gasteiger partial charge in [-0.3, -0.25) is 14.9 Å². The predicted octanol–water partition coefficient (Wildman–Crippen LogP) is 3.30. The van der Waals surface area contributed by atoms with Crippen LogP contribution in [-0.4, -0.2) is 20.4 Å². The molecule has 0 saturated heterocycles. The summed E-state index contributed by atoms with van der Waals surface area (Å²) in [6.07, 6.45) is 3.29. The highest BCUT2D eigenvalue weighted by molar-refractivity contribution is 5.97. The number of amides is 1. The third-order valence-corrected chi connectivity index (χ3v) is 4.32. The van der Waals surface area contributed by atoms with Crippen LogP contribution < -0.4 is 5.32 Å². The van der Waals surface area contributed by atoms with Gasteiger partial charge in [-0.15, -0.1) is 0 Å². The molecule has 1 N–H and O–H groups in total. The summed E-state index contributed by atoms with van der Waals surface area (Å²) >= 11 is 0. The number of carbonyl (C=O) groups excluding carboxylic acids is 1. The Morgan fingerprint density at radius 3 is 2.67 bits per heavy atom. The van der Waals surface area contributed by atoms with Gasteiger partial charge in [0.05, 0.1) is 4.92 Å². The highest BCUT2D eigenvalue weighted by Crippen LogP contribution is 2.25. The van der Waals surface area contributed by atoms with Gasteiger partial charge in [0.2, 0.25) is 0 Å². The average Bonchev–Trinajstić information content (AvgIpc) is 3.05. The molecule has 1 unspecified atom stereocenters. The largest absolute Gasteiger partial charge is 0.338 e. The van der Waals surface area contributed by atoms with Gasteiger partial charge in [-0.2, -0.15) is 0 Å². The van der Waals surface area contributed by atoms with Gasteiger partial charge in [0, 0.05) is 36.6 Å². The van der Waals surface area contributed by atoms with Crippen molar-refractivity contribution in [2.24, 2.45) is 7.05 Å². The molecule has 7 nitrogen and oxygen atoms in total. The summed E-state index contributed by atoms with van der Waals surface area (Å²) in [6, 6.07) is 9.46. The second kappa shape index (κ2) is 7.36. The second-order valence-corrected chi connectivity index (χ2v) is 6.06. The Balaban J connectivity index is 2.01. The zero-order valence-corrected chi connectivity index (χ0v) is 14.7. The Morgan fingerprint density at radius 2 is 2.04 bits per heavy atom. The van der Waals surface area contributed by atoms with Gasteiger partial charge in [-0.1, -0.05) is 18.2 Å². The molecule has 27 heavy (non-hydrogen) atoms. The smallest absolute Gasteiger partial charge is 0.273 e. The molecule has 0 aliphatic rings. The molecule has 138 valence electrons. The zero-order valence-electron chi connectivity index (χ0n) is 14.7. The lowest BCUT2D eigenvalue weighted by molar-refractivity contribution is -0.385. The zero-order chi connectivity index (χ0) is 19.6. The minimum absolute atomic E-state index is 0.137. The lowest BCUT2D eigenvalue weighted by Gasteiger charge is -2.20. The lowest BCUT2D eigenvalue weighted by atomic mass is 10.0. The van der Waals surface area contributed by atoms with E-state index in [4.69, 9.17) is 0 Å². The van der Waals surface area contributed by atoms with Crippen molar-refractivity contribution in [2.75, 3.05) is 0 Å². The molecular formula is C19H17FN4O3. The molecule has 0 spiro atoms. The van der Waals surface area contributed by atoms with E-state index < -0.39 is 22.7 Å². The molecule has 0 aliphatic heterocycles. The van der Waals surface area contributed by atoms with Crippen molar-refractivity contribution in [3.8, 4) is 0 Å². The summed E-state index contributed by atoms with van der Waals surface area (Å²) in [4.78, 5) is 27.7. The SMILES string of the molecule is Cc1c(C(=O)NC(c2cccc(F)c2)c2nccn2C)cccc1[N+](=O)[O-]. The van der Waals surface area contributed by atoms with E-state index in [2.05, 4.69) is 10.3 Å². The number of carbonyl (C=O) groups is 1. The van der Waals surface area contributed by atoms with Crippen LogP contribution in [0.4, 0.5) is 10.1 Å². The van der Waals surface area contributed by atoms with Gasteiger partial charge in [0.25, 0.3) is 11.6 Å². The molecule has 0 saturated carbocycles. The summed E-state index contributed by atoms with van der Waals surface area (Å²) in [5, 5.41) is 13.9. The van der Waals surface area contributed by atoms with Crippen molar-refractivity contribution in [1.29, 1.82) is 0 Å². The van der Waals surface area contributed by atoms with Gasteiger partial charge in [0.15, 0.2) is 0 Å². The topological polar surface area (TPSA) is 90.1 Å². The predicted molar refractivity (Wildman–Crippen MR) is 96.8 cm³/mol. The lowest BCUT2D eigenvalue weighted by Crippen LogP contribution is -2.31. The van der Waals surface area contributed by atoms with Crippen LogP contribution in [0.3, 0.4) is 0 Å². The van der Waals surface area contributed by atoms with Gasteiger partial charge in [-0.05, 0) is 30.7 Å². The van der Waals surface area contributed by atoms with Crippen molar-refractivity contribution in [3.63, 3.8) is 0 Å². The number of nitro benzene ring substituents is 1. The van der Waals surface area contributed by atoms with Crippen LogP contribution in [0.5, 0.6) is 0 Å². The fraction of sp³-hybridized carbons (Fsp3) is 0.158. The minimum atomic E-state index is -0.716. The molecule has 3 aromatic rings. The summed E-state index contributed by atoms with van der Waals surface area (Å²) in [7, 11) is 1.76. The van der Waals surface area contributed by atoms with E-state index in [1.165, 1.54) is 37.3 Å². The van der Waals surface area contributed by atoms with E-state index in [0.29, 0.717) is 11.4 Å². The van der Waals surface area contributed by atoms with Crippen LogP contribution in [-0.2, 0) is 7.05 Å². The second-order valence-electron chi connectivity index (χ2n) is 6.06. The molecule has 1 heterocycles. The van der Waals surface area contributed by atoms with E-state index in [-0.39, 0.29) is 16.8 Å². The Hall–Kier alpha value is -3.55. The van der Waals surface area contributed by atoms with Crippen molar-refractivity contribution in [3.05, 3.63) is 93.3 Å². The van der Waals surface area contributed by atoms with Crippen molar-refractivity contribution >= 4 is 11.6 Å². The maximum Gasteiger partial charge on any atom is 0.273 e. The number of hydrogen-bond donors (Lipinski definition) is 1. The number of halogens is 1. The Labute approximate surface area is 154 Å². The van der Waals surface area contributed by atoms with E-state index in [9.17, 15) is 19.3 Å². The van der Waals surface area contributed by atoms with E-state index in [0.717, 1.165) is 0 Å². The molecule has 0 radical (unpaired) electrons. The first kappa shape index (κ1) is 18.2. The summed E-state index contributed by atoms with van der Waals surface area (Å²) in [5.74, 6) is -0.432. The molecular weight excluding hydrogens is 351 g/mol. The number of nitro groups is 1. The number of aromatic nitrogens is 2. The average molecular weight is 368 g/mol. The molecule has 1 amide bonds. The first-order chi connectivity index (χ1) is 12.9. The van der Waals surface area contributed by atoms with Gasteiger partial charge >= 0.3 is 0 Å². The standard InChI is InChI=1S/C19H17FN4O3/c1-12-15(7-4-8-16(12)24(26)27)19(25)22-17(18-21-9-10-23(18)2)13-5-3-6-14(20)11-13/h3-11,17H,1-2H3,(H,22,25). The maximum absolute atomic E-state index is 13.7. The maximum atomic E-state index is 13.7. The van der Waals surface area contributed by atoms with Gasteiger partial charge in [-0.25, -0.2) is 9.37 Å². The molecule has 0 aliphatic carbocycles. The third kappa shape index (κ3) is 3.69. The number of nitrogens with one attached hydrogen (secondary N) is 1. The number of imidazole rings is 1. The Morgan fingerprint density at radius 1 is 1.30 bits per heavy atom. The van der Waals surface area contributed by atoms with Crippen LogP contribution in [0.15, 0.2) is 54.9 Å². The van der Waals surface area contributed by atoms with Gasteiger partial charge < -0.3 is 9.88 Å². The van der Waals surface area contributed by atoms with Crippen LogP contribution in [0.25, 0.3) is 0 Å². The monoisotopic (exact) mass is 368 g/mol. The van der Waals surface area contributed by atoms with Crippen molar-refractivity contribution in [1.82, 2.24) is 14.9 Å². The number of rotatable bonds is 5. The summed E-state index contributed by atoms with van der Waals surface area (Å²) in [5.41, 5.74) is 0.820. The fourth-order valence-electron chi connectivity index (χ4n) is 2.91. The van der Waals surface area contributed by atoms with E-state index >= 15 is 0 Å². The van der Waals surface area contributed by atoms with E-state index in [1.54, 1.807) is 36.1 Å². The molecule has 1 atom stereocenters. The van der Waals surface area contributed by atoms with Crippen LogP contribution in [0.2, 0.25) is 0 Å². The first-order valence-corrected chi connectivity index (χ1v) is 8.16. The van der Waals surface area contributed by atoms with E-state index in [1.807, 2.05) is 0 Å². The molecule has 0 fully saturated rings. The van der Waals surface area contributed by atoms with Crippen molar-refractivity contribution in [2.45, 2.75) is 13.0 Å². The summed E-state index contributed by atoms with van der Waals surface area (Å²) in [6.45, 7) is 1.52. The van der Waals surface area contributed by atoms with Crippen LogP contribution in [0, 0.1) is 22.9 Å². The third-order valence-electron chi connectivity index (χ3n) is 4.32. The molecule has 0 bridgehead atoms. The molecule has 8 heteroatoms. The number of nitrogens with zero attached hydrogens (tertiary/aromatic N) is 3. The Bertz CT molecular complexity index is 1020. The first-order valence-electron chi connectivity index (χ1n) is 8.16. The number of hydrogen-bond acceptors (Lipinski definition) is 4. The highest BCUT2D eigenvalue weighted by atomic mass is 19.1. The quantitative estimate of drug-likeness (QED) is 0.553. The summed E-state index contributed by atoms with van der Waals surface area (Å²) < 4.78 is 15.4. The van der Waals surface area contributed by atoms with Crippen LogP contribution in [0.1, 0.15) is 33.4 Å². The molecule has 3 rings (SSSR count). The van der Waals surface area contributed by atoms with Crippen molar-refractivity contribution < 1.29 is 14.1 Å².